The number of alkyl halides is 1. The summed E-state index contributed by atoms with van der Waals surface area (Å²) >= 11 is 3.56. The van der Waals surface area contributed by atoms with Crippen molar-refractivity contribution in [1.82, 2.24) is 9.03 Å². The van der Waals surface area contributed by atoms with E-state index in [0.717, 1.165) is 18.2 Å². The van der Waals surface area contributed by atoms with Gasteiger partial charge < -0.3 is 4.74 Å². The van der Waals surface area contributed by atoms with Gasteiger partial charge in [0.2, 0.25) is 0 Å². The van der Waals surface area contributed by atoms with Crippen LogP contribution < -0.4 is 4.72 Å². The number of ether oxygens (including phenoxy) is 1. The van der Waals surface area contributed by atoms with Crippen LogP contribution in [0.3, 0.4) is 0 Å². The predicted molar refractivity (Wildman–Crippen MR) is 78.6 cm³/mol. The Bertz CT molecular complexity index is 376. The summed E-state index contributed by atoms with van der Waals surface area (Å²) in [6.07, 6.45) is 5.87. The number of morpholine rings is 1. The summed E-state index contributed by atoms with van der Waals surface area (Å²) in [4.78, 5) is 0. The van der Waals surface area contributed by atoms with Gasteiger partial charge in [0, 0.05) is 25.0 Å². The standard InChI is InChI=1S/C12H23BrN2O3S/c13-10-12(4-2-1-3-5-12)11-14-19(16,17)15-6-8-18-9-7-15/h14H,1-11H2. The van der Waals surface area contributed by atoms with Gasteiger partial charge in [0.15, 0.2) is 0 Å². The highest BCUT2D eigenvalue weighted by Crippen LogP contribution is 2.37. The van der Waals surface area contributed by atoms with Crippen LogP contribution in [0.1, 0.15) is 32.1 Å². The maximum atomic E-state index is 12.2. The average Bonchev–Trinajstić information content (AvgIpc) is 2.47. The minimum absolute atomic E-state index is 0.0948. The van der Waals surface area contributed by atoms with Gasteiger partial charge in [-0.25, -0.2) is 4.72 Å². The molecule has 0 unspecified atom stereocenters. The summed E-state index contributed by atoms with van der Waals surface area (Å²) in [5, 5.41) is 0.867. The van der Waals surface area contributed by atoms with E-state index < -0.39 is 10.2 Å². The molecule has 19 heavy (non-hydrogen) atoms. The van der Waals surface area contributed by atoms with Crippen molar-refractivity contribution in [2.24, 2.45) is 5.41 Å². The Morgan fingerprint density at radius 3 is 2.37 bits per heavy atom. The molecule has 0 aromatic heterocycles. The molecule has 0 aromatic carbocycles. The SMILES string of the molecule is O=S(=O)(NCC1(CBr)CCCCC1)N1CCOCC1. The maximum Gasteiger partial charge on any atom is 0.279 e. The van der Waals surface area contributed by atoms with E-state index >= 15 is 0 Å². The molecular formula is C12H23BrN2O3S. The highest BCUT2D eigenvalue weighted by molar-refractivity contribution is 9.09. The van der Waals surface area contributed by atoms with E-state index in [-0.39, 0.29) is 5.41 Å². The van der Waals surface area contributed by atoms with Crippen LogP contribution in [-0.4, -0.2) is 50.9 Å². The molecule has 112 valence electrons. The smallest absolute Gasteiger partial charge is 0.279 e. The summed E-state index contributed by atoms with van der Waals surface area (Å²) in [5.74, 6) is 0. The van der Waals surface area contributed by atoms with Gasteiger partial charge in [-0.05, 0) is 18.3 Å². The molecule has 0 aromatic rings. The fourth-order valence-corrected chi connectivity index (χ4v) is 4.84. The predicted octanol–water partition coefficient (Wildman–Crippen LogP) is 1.50. The third-order valence-corrected chi connectivity index (χ3v) is 6.88. The van der Waals surface area contributed by atoms with Crippen LogP contribution in [0.5, 0.6) is 0 Å². The zero-order chi connectivity index (χ0) is 13.8. The van der Waals surface area contributed by atoms with Crippen LogP contribution in [0.2, 0.25) is 0 Å². The van der Waals surface area contributed by atoms with Crippen LogP contribution in [0, 0.1) is 5.41 Å². The Labute approximate surface area is 124 Å². The first-order valence-electron chi connectivity index (χ1n) is 6.96. The van der Waals surface area contributed by atoms with Crippen molar-refractivity contribution in [2.45, 2.75) is 32.1 Å². The van der Waals surface area contributed by atoms with Crippen molar-refractivity contribution >= 4 is 26.1 Å². The van der Waals surface area contributed by atoms with E-state index in [0.29, 0.717) is 32.8 Å². The van der Waals surface area contributed by atoms with Crippen LogP contribution in [0.15, 0.2) is 0 Å². The summed E-state index contributed by atoms with van der Waals surface area (Å²) in [5.41, 5.74) is 0.0948. The van der Waals surface area contributed by atoms with Crippen LogP contribution in [0.25, 0.3) is 0 Å². The highest BCUT2D eigenvalue weighted by atomic mass is 79.9. The van der Waals surface area contributed by atoms with Gasteiger partial charge in [0.25, 0.3) is 10.2 Å². The number of hydrogen-bond acceptors (Lipinski definition) is 3. The zero-order valence-corrected chi connectivity index (χ0v) is 13.6. The Kier molecular flexibility index (Phi) is 5.65. The molecular weight excluding hydrogens is 332 g/mol. The molecule has 1 N–H and O–H groups in total. The van der Waals surface area contributed by atoms with E-state index in [2.05, 4.69) is 20.7 Å². The number of halogens is 1. The van der Waals surface area contributed by atoms with Gasteiger partial charge in [0.05, 0.1) is 13.2 Å². The molecule has 1 saturated carbocycles. The van der Waals surface area contributed by atoms with E-state index in [1.807, 2.05) is 0 Å². The van der Waals surface area contributed by atoms with Crippen molar-refractivity contribution in [1.29, 1.82) is 0 Å². The molecule has 0 amide bonds. The second kappa shape index (κ2) is 6.85. The van der Waals surface area contributed by atoms with E-state index in [9.17, 15) is 8.42 Å². The minimum atomic E-state index is -3.35. The van der Waals surface area contributed by atoms with Crippen LogP contribution >= 0.6 is 15.9 Å². The fraction of sp³-hybridized carbons (Fsp3) is 1.00. The Balaban J connectivity index is 1.92. The molecule has 2 aliphatic rings. The van der Waals surface area contributed by atoms with E-state index in [4.69, 9.17) is 4.74 Å². The van der Waals surface area contributed by atoms with Crippen molar-refractivity contribution in [3.8, 4) is 0 Å². The minimum Gasteiger partial charge on any atom is -0.379 e. The number of nitrogens with one attached hydrogen (secondary N) is 1. The highest BCUT2D eigenvalue weighted by Gasteiger charge is 2.33. The Hall–Kier alpha value is 0.310. The summed E-state index contributed by atoms with van der Waals surface area (Å²) < 4.78 is 33.9. The van der Waals surface area contributed by atoms with Crippen molar-refractivity contribution in [3.05, 3.63) is 0 Å². The molecule has 1 aliphatic carbocycles. The molecule has 5 nitrogen and oxygen atoms in total. The zero-order valence-electron chi connectivity index (χ0n) is 11.2. The molecule has 7 heteroatoms. The number of nitrogens with zero attached hydrogens (tertiary/aromatic N) is 1. The topological polar surface area (TPSA) is 58.6 Å². The van der Waals surface area contributed by atoms with Crippen LogP contribution in [0.4, 0.5) is 0 Å². The number of hydrogen-bond donors (Lipinski definition) is 1. The van der Waals surface area contributed by atoms with E-state index in [1.165, 1.54) is 23.6 Å². The lowest BCUT2D eigenvalue weighted by Crippen LogP contribution is -2.49. The van der Waals surface area contributed by atoms with Crippen molar-refractivity contribution in [3.63, 3.8) is 0 Å². The lowest BCUT2D eigenvalue weighted by molar-refractivity contribution is 0.0722. The van der Waals surface area contributed by atoms with Gasteiger partial charge in [0.1, 0.15) is 0 Å². The van der Waals surface area contributed by atoms with Gasteiger partial charge in [-0.15, -0.1) is 0 Å². The Morgan fingerprint density at radius 2 is 1.79 bits per heavy atom. The lowest BCUT2D eigenvalue weighted by atomic mass is 9.76. The first-order valence-corrected chi connectivity index (χ1v) is 9.53. The summed E-state index contributed by atoms with van der Waals surface area (Å²) in [6, 6.07) is 0. The third kappa shape index (κ3) is 4.14. The van der Waals surface area contributed by atoms with Gasteiger partial charge in [-0.2, -0.15) is 12.7 Å². The van der Waals surface area contributed by atoms with Gasteiger partial charge in [-0.3, -0.25) is 0 Å². The second-order valence-electron chi connectivity index (χ2n) is 5.53. The molecule has 1 heterocycles. The van der Waals surface area contributed by atoms with E-state index in [1.54, 1.807) is 0 Å². The molecule has 0 bridgehead atoms. The van der Waals surface area contributed by atoms with Gasteiger partial charge in [-0.1, -0.05) is 35.2 Å². The Morgan fingerprint density at radius 1 is 1.16 bits per heavy atom. The largest absolute Gasteiger partial charge is 0.379 e. The second-order valence-corrected chi connectivity index (χ2v) is 7.85. The monoisotopic (exact) mass is 354 g/mol. The third-order valence-electron chi connectivity index (χ3n) is 4.14. The molecule has 1 saturated heterocycles. The molecule has 0 radical (unpaired) electrons. The summed E-state index contributed by atoms with van der Waals surface area (Å²) in [6.45, 7) is 2.43. The number of rotatable bonds is 5. The normalized spacial score (nSPS) is 25.3. The van der Waals surface area contributed by atoms with Crippen LogP contribution in [-0.2, 0) is 14.9 Å². The molecule has 2 rings (SSSR count). The van der Waals surface area contributed by atoms with Crippen molar-refractivity contribution < 1.29 is 13.2 Å². The first kappa shape index (κ1) is 15.7. The summed E-state index contributed by atoms with van der Waals surface area (Å²) in [7, 11) is -3.35. The first-order chi connectivity index (χ1) is 9.08. The van der Waals surface area contributed by atoms with Gasteiger partial charge >= 0.3 is 0 Å². The molecule has 1 aliphatic heterocycles. The quantitative estimate of drug-likeness (QED) is 0.761. The maximum absolute atomic E-state index is 12.2. The molecule has 2 fully saturated rings. The average molecular weight is 355 g/mol. The molecule has 0 atom stereocenters. The van der Waals surface area contributed by atoms with Crippen molar-refractivity contribution in [2.75, 3.05) is 38.2 Å². The lowest BCUT2D eigenvalue weighted by Gasteiger charge is -2.36. The fourth-order valence-electron chi connectivity index (χ4n) is 2.78. The molecule has 0 spiro atoms.